The molecule has 0 radical (unpaired) electrons. The minimum absolute atomic E-state index is 0.144. The van der Waals surface area contributed by atoms with Crippen molar-refractivity contribution in [1.82, 2.24) is 5.32 Å². The maximum Gasteiger partial charge on any atom is 0.223 e. The number of amides is 1. The highest BCUT2D eigenvalue weighted by atomic mass is 16.1. The molecule has 0 bridgehead atoms. The van der Waals surface area contributed by atoms with Crippen molar-refractivity contribution in [3.05, 3.63) is 0 Å². The molecule has 16 heavy (non-hydrogen) atoms. The molecule has 0 heterocycles. The maximum absolute atomic E-state index is 11.9. The smallest absolute Gasteiger partial charge is 0.223 e. The normalized spacial score (nSPS) is 16.6. The van der Waals surface area contributed by atoms with Crippen LogP contribution in [0.15, 0.2) is 0 Å². The average molecular weight is 228 g/mol. The molecule has 0 rings (SSSR count). The molecule has 3 heteroatoms. The van der Waals surface area contributed by atoms with Gasteiger partial charge in [-0.3, -0.25) is 4.79 Å². The van der Waals surface area contributed by atoms with Gasteiger partial charge in [-0.15, -0.1) is 0 Å². The van der Waals surface area contributed by atoms with Gasteiger partial charge >= 0.3 is 0 Å². The van der Waals surface area contributed by atoms with Crippen LogP contribution in [0.4, 0.5) is 0 Å². The Bertz CT molecular complexity index is 192. The SMILES string of the molecule is CCCCC(CC)C(=O)NC(C)CC(C)N. The van der Waals surface area contributed by atoms with E-state index in [0.717, 1.165) is 32.1 Å². The van der Waals surface area contributed by atoms with E-state index in [0.29, 0.717) is 0 Å². The summed E-state index contributed by atoms with van der Waals surface area (Å²) >= 11 is 0. The second-order valence-electron chi connectivity index (χ2n) is 4.87. The Hall–Kier alpha value is -0.570. The van der Waals surface area contributed by atoms with Crippen molar-refractivity contribution >= 4 is 5.91 Å². The lowest BCUT2D eigenvalue weighted by Gasteiger charge is -2.20. The van der Waals surface area contributed by atoms with Gasteiger partial charge in [0.2, 0.25) is 5.91 Å². The zero-order valence-corrected chi connectivity index (χ0v) is 11.3. The Kier molecular flexibility index (Phi) is 8.26. The van der Waals surface area contributed by atoms with E-state index in [1.807, 2.05) is 13.8 Å². The summed E-state index contributed by atoms with van der Waals surface area (Å²) in [4.78, 5) is 11.9. The zero-order chi connectivity index (χ0) is 12.6. The summed E-state index contributed by atoms with van der Waals surface area (Å²) in [7, 11) is 0. The van der Waals surface area contributed by atoms with Crippen molar-refractivity contribution in [2.45, 2.75) is 71.9 Å². The predicted molar refractivity (Wildman–Crippen MR) is 69.2 cm³/mol. The van der Waals surface area contributed by atoms with E-state index in [1.165, 1.54) is 0 Å². The predicted octanol–water partition coefficient (Wildman–Crippen LogP) is 2.44. The van der Waals surface area contributed by atoms with Gasteiger partial charge in [0.05, 0.1) is 0 Å². The lowest BCUT2D eigenvalue weighted by molar-refractivity contribution is -0.126. The molecule has 0 aliphatic rings. The fraction of sp³-hybridized carbons (Fsp3) is 0.923. The fourth-order valence-corrected chi connectivity index (χ4v) is 1.95. The van der Waals surface area contributed by atoms with E-state index >= 15 is 0 Å². The number of nitrogens with one attached hydrogen (secondary N) is 1. The molecule has 0 aromatic carbocycles. The van der Waals surface area contributed by atoms with Gasteiger partial charge in [0.15, 0.2) is 0 Å². The molecular weight excluding hydrogens is 200 g/mol. The van der Waals surface area contributed by atoms with Crippen LogP contribution in [0, 0.1) is 5.92 Å². The molecule has 96 valence electrons. The summed E-state index contributed by atoms with van der Waals surface area (Å²) < 4.78 is 0. The molecule has 0 saturated carbocycles. The van der Waals surface area contributed by atoms with Gasteiger partial charge < -0.3 is 11.1 Å². The summed E-state index contributed by atoms with van der Waals surface area (Å²) in [5.41, 5.74) is 5.71. The van der Waals surface area contributed by atoms with Crippen LogP contribution >= 0.6 is 0 Å². The molecule has 3 atom stereocenters. The second-order valence-corrected chi connectivity index (χ2v) is 4.87. The summed E-state index contributed by atoms with van der Waals surface area (Å²) in [6.45, 7) is 8.23. The Morgan fingerprint density at radius 1 is 1.31 bits per heavy atom. The Labute approximate surface area is 100 Å². The van der Waals surface area contributed by atoms with Gasteiger partial charge in [-0.2, -0.15) is 0 Å². The van der Waals surface area contributed by atoms with Crippen molar-refractivity contribution in [3.63, 3.8) is 0 Å². The first-order chi connectivity index (χ1) is 7.51. The van der Waals surface area contributed by atoms with E-state index < -0.39 is 0 Å². The average Bonchev–Trinajstić information content (AvgIpc) is 2.17. The molecular formula is C13H28N2O. The van der Waals surface area contributed by atoms with Gasteiger partial charge in [0.1, 0.15) is 0 Å². The molecule has 0 fully saturated rings. The molecule has 0 saturated heterocycles. The molecule has 0 aliphatic heterocycles. The van der Waals surface area contributed by atoms with Crippen LogP contribution in [0.1, 0.15) is 59.8 Å². The van der Waals surface area contributed by atoms with Gasteiger partial charge in [0, 0.05) is 18.0 Å². The van der Waals surface area contributed by atoms with Crippen LogP contribution < -0.4 is 11.1 Å². The van der Waals surface area contributed by atoms with Crippen molar-refractivity contribution in [1.29, 1.82) is 0 Å². The third kappa shape index (κ3) is 6.83. The van der Waals surface area contributed by atoms with Gasteiger partial charge in [0.25, 0.3) is 0 Å². The largest absolute Gasteiger partial charge is 0.353 e. The topological polar surface area (TPSA) is 55.1 Å². The molecule has 1 amide bonds. The number of hydrogen-bond acceptors (Lipinski definition) is 2. The van der Waals surface area contributed by atoms with Crippen molar-refractivity contribution in [2.75, 3.05) is 0 Å². The summed E-state index contributed by atoms with van der Waals surface area (Å²) in [6.07, 6.45) is 5.06. The van der Waals surface area contributed by atoms with E-state index in [4.69, 9.17) is 5.73 Å². The third-order valence-electron chi connectivity index (χ3n) is 2.88. The molecule has 0 spiro atoms. The number of hydrogen-bond donors (Lipinski definition) is 2. The summed E-state index contributed by atoms with van der Waals surface area (Å²) in [5.74, 6) is 0.375. The molecule has 0 aromatic heterocycles. The minimum atomic E-state index is 0.144. The van der Waals surface area contributed by atoms with Crippen molar-refractivity contribution in [2.24, 2.45) is 11.7 Å². The highest BCUT2D eigenvalue weighted by Crippen LogP contribution is 2.13. The lowest BCUT2D eigenvalue weighted by atomic mass is 9.98. The van der Waals surface area contributed by atoms with E-state index in [9.17, 15) is 4.79 Å². The molecule has 0 aliphatic carbocycles. The molecule has 3 nitrogen and oxygen atoms in total. The number of carbonyl (C=O) groups is 1. The Morgan fingerprint density at radius 3 is 2.38 bits per heavy atom. The Morgan fingerprint density at radius 2 is 1.94 bits per heavy atom. The monoisotopic (exact) mass is 228 g/mol. The number of rotatable bonds is 8. The van der Waals surface area contributed by atoms with Crippen LogP contribution in [0.3, 0.4) is 0 Å². The van der Waals surface area contributed by atoms with E-state index in [1.54, 1.807) is 0 Å². The fourth-order valence-electron chi connectivity index (χ4n) is 1.95. The van der Waals surface area contributed by atoms with Crippen molar-refractivity contribution in [3.8, 4) is 0 Å². The highest BCUT2D eigenvalue weighted by molar-refractivity contribution is 5.78. The number of unbranched alkanes of at least 4 members (excludes halogenated alkanes) is 1. The second kappa shape index (κ2) is 8.57. The minimum Gasteiger partial charge on any atom is -0.353 e. The van der Waals surface area contributed by atoms with Crippen LogP contribution in [0.2, 0.25) is 0 Å². The zero-order valence-electron chi connectivity index (χ0n) is 11.3. The maximum atomic E-state index is 11.9. The van der Waals surface area contributed by atoms with E-state index in [2.05, 4.69) is 19.2 Å². The van der Waals surface area contributed by atoms with Gasteiger partial charge in [-0.1, -0.05) is 26.7 Å². The summed E-state index contributed by atoms with van der Waals surface area (Å²) in [5, 5.41) is 3.05. The van der Waals surface area contributed by atoms with Crippen LogP contribution in [-0.2, 0) is 4.79 Å². The standard InChI is InChI=1S/C13H28N2O/c1-5-7-8-12(6-2)13(16)15-11(4)9-10(3)14/h10-12H,5-9,14H2,1-4H3,(H,15,16). The number of carbonyl (C=O) groups excluding carboxylic acids is 1. The number of nitrogens with two attached hydrogens (primary N) is 1. The highest BCUT2D eigenvalue weighted by Gasteiger charge is 2.17. The van der Waals surface area contributed by atoms with Crippen LogP contribution in [0.25, 0.3) is 0 Å². The van der Waals surface area contributed by atoms with Crippen LogP contribution in [-0.4, -0.2) is 18.0 Å². The van der Waals surface area contributed by atoms with Crippen molar-refractivity contribution < 1.29 is 4.79 Å². The Balaban J connectivity index is 3.99. The third-order valence-corrected chi connectivity index (χ3v) is 2.88. The molecule has 0 aromatic rings. The lowest BCUT2D eigenvalue weighted by Crippen LogP contribution is -2.39. The summed E-state index contributed by atoms with van der Waals surface area (Å²) in [6, 6.07) is 0.328. The van der Waals surface area contributed by atoms with Crippen LogP contribution in [0.5, 0.6) is 0 Å². The quantitative estimate of drug-likeness (QED) is 0.670. The first kappa shape index (κ1) is 15.4. The van der Waals surface area contributed by atoms with E-state index in [-0.39, 0.29) is 23.9 Å². The first-order valence-electron chi connectivity index (χ1n) is 6.57. The van der Waals surface area contributed by atoms with Gasteiger partial charge in [-0.05, 0) is 33.1 Å². The van der Waals surface area contributed by atoms with Gasteiger partial charge in [-0.25, -0.2) is 0 Å². The molecule has 3 N–H and O–H groups in total. The molecule has 3 unspecified atom stereocenters. The first-order valence-corrected chi connectivity index (χ1v) is 6.57.